The Morgan fingerprint density at radius 2 is 1.94 bits per heavy atom. The van der Waals surface area contributed by atoms with Gasteiger partial charge in [-0.2, -0.15) is 0 Å². The van der Waals surface area contributed by atoms with Crippen LogP contribution in [0.5, 0.6) is 5.75 Å². The molecule has 3 heteroatoms. The topological polar surface area (TPSA) is 29.5 Å². The third-order valence-electron chi connectivity index (χ3n) is 2.92. The molecule has 0 bridgehead atoms. The van der Waals surface area contributed by atoms with Crippen molar-refractivity contribution < 1.29 is 9.84 Å². The maximum absolute atomic E-state index is 10.4. The Hall–Kier alpha value is -1.32. The Labute approximate surface area is 105 Å². The summed E-state index contributed by atoms with van der Waals surface area (Å²) in [4.78, 5) is 1.01. The van der Waals surface area contributed by atoms with Crippen molar-refractivity contribution in [3.8, 4) is 5.75 Å². The molecule has 2 aromatic rings. The summed E-state index contributed by atoms with van der Waals surface area (Å²) in [6.07, 6.45) is -0.541. The first-order valence-electron chi connectivity index (χ1n) is 5.50. The fraction of sp³-hybridized carbons (Fsp3) is 0.286. The molecule has 2 rings (SSSR count). The van der Waals surface area contributed by atoms with Crippen LogP contribution in [0.1, 0.15) is 27.7 Å². The van der Waals surface area contributed by atoms with Gasteiger partial charge < -0.3 is 9.84 Å². The Morgan fingerprint density at radius 1 is 1.18 bits per heavy atom. The van der Waals surface area contributed by atoms with E-state index in [9.17, 15) is 5.11 Å². The number of aryl methyl sites for hydroxylation is 2. The second-order valence-electron chi connectivity index (χ2n) is 4.09. The SMILES string of the molecule is COc1ccc(C(O)c2sccc2C)c(C)c1. The molecule has 0 aliphatic rings. The first kappa shape index (κ1) is 12.1. The lowest BCUT2D eigenvalue weighted by atomic mass is 10.0. The first-order chi connectivity index (χ1) is 8.13. The Bertz CT molecular complexity index is 517. The minimum atomic E-state index is -0.541. The molecule has 0 radical (unpaired) electrons. The average molecular weight is 248 g/mol. The zero-order chi connectivity index (χ0) is 12.4. The summed E-state index contributed by atoms with van der Waals surface area (Å²) < 4.78 is 5.17. The highest BCUT2D eigenvalue weighted by Gasteiger charge is 2.16. The van der Waals surface area contributed by atoms with Crippen LogP contribution < -0.4 is 4.74 Å². The third kappa shape index (κ3) is 2.35. The number of hydrogen-bond donors (Lipinski definition) is 1. The summed E-state index contributed by atoms with van der Waals surface area (Å²) in [5.74, 6) is 0.821. The van der Waals surface area contributed by atoms with Crippen molar-refractivity contribution in [2.45, 2.75) is 20.0 Å². The zero-order valence-corrected chi connectivity index (χ0v) is 11.0. The van der Waals surface area contributed by atoms with E-state index in [2.05, 4.69) is 0 Å². The van der Waals surface area contributed by atoms with Gasteiger partial charge in [-0.25, -0.2) is 0 Å². The Morgan fingerprint density at radius 3 is 2.47 bits per heavy atom. The number of rotatable bonds is 3. The van der Waals surface area contributed by atoms with E-state index >= 15 is 0 Å². The molecule has 0 aliphatic carbocycles. The van der Waals surface area contributed by atoms with E-state index in [1.165, 1.54) is 0 Å². The van der Waals surface area contributed by atoms with Gasteiger partial charge in [-0.15, -0.1) is 11.3 Å². The molecule has 0 saturated carbocycles. The summed E-state index contributed by atoms with van der Waals surface area (Å²) >= 11 is 1.59. The number of methoxy groups -OCH3 is 1. The molecule has 17 heavy (non-hydrogen) atoms. The molecule has 1 aromatic heterocycles. The minimum absolute atomic E-state index is 0.541. The number of aliphatic hydroxyl groups excluding tert-OH is 1. The number of thiophene rings is 1. The molecule has 90 valence electrons. The molecule has 1 heterocycles. The molecule has 1 N–H and O–H groups in total. The highest BCUT2D eigenvalue weighted by Crippen LogP contribution is 2.32. The van der Waals surface area contributed by atoms with Crippen molar-refractivity contribution in [3.05, 3.63) is 51.2 Å². The lowest BCUT2D eigenvalue weighted by Crippen LogP contribution is -2.01. The molecule has 1 atom stereocenters. The van der Waals surface area contributed by atoms with Crippen LogP contribution in [0.15, 0.2) is 29.6 Å². The summed E-state index contributed by atoms with van der Waals surface area (Å²) in [6, 6.07) is 7.79. The van der Waals surface area contributed by atoms with Crippen molar-refractivity contribution in [1.29, 1.82) is 0 Å². The summed E-state index contributed by atoms with van der Waals surface area (Å²) in [5, 5.41) is 12.4. The Balaban J connectivity index is 2.38. The van der Waals surface area contributed by atoms with Crippen molar-refractivity contribution in [3.63, 3.8) is 0 Å². The molecule has 1 aromatic carbocycles. The fourth-order valence-electron chi connectivity index (χ4n) is 1.89. The quantitative estimate of drug-likeness (QED) is 0.901. The summed E-state index contributed by atoms with van der Waals surface area (Å²) in [5.41, 5.74) is 3.12. The second-order valence-corrected chi connectivity index (χ2v) is 5.04. The number of hydrogen-bond acceptors (Lipinski definition) is 3. The highest BCUT2D eigenvalue weighted by molar-refractivity contribution is 7.10. The van der Waals surface area contributed by atoms with Crippen LogP contribution in [0.3, 0.4) is 0 Å². The largest absolute Gasteiger partial charge is 0.497 e. The van der Waals surface area contributed by atoms with Gasteiger partial charge in [0.2, 0.25) is 0 Å². The standard InChI is InChI=1S/C14H16O2S/c1-9-6-7-17-14(9)13(15)12-5-4-11(16-3)8-10(12)2/h4-8,13,15H,1-3H3. The normalized spacial score (nSPS) is 12.5. The van der Waals surface area contributed by atoms with Crippen LogP contribution in [0, 0.1) is 13.8 Å². The van der Waals surface area contributed by atoms with Crippen LogP contribution in [0.4, 0.5) is 0 Å². The van der Waals surface area contributed by atoms with E-state index in [1.807, 2.05) is 43.5 Å². The maximum Gasteiger partial charge on any atom is 0.119 e. The predicted molar refractivity (Wildman–Crippen MR) is 70.8 cm³/mol. The molecule has 0 amide bonds. The van der Waals surface area contributed by atoms with E-state index < -0.39 is 6.10 Å². The zero-order valence-electron chi connectivity index (χ0n) is 10.2. The lowest BCUT2D eigenvalue weighted by molar-refractivity contribution is 0.222. The molecule has 0 aliphatic heterocycles. The molecular formula is C14H16O2S. The van der Waals surface area contributed by atoms with Gasteiger partial charge >= 0.3 is 0 Å². The maximum atomic E-state index is 10.4. The second kappa shape index (κ2) is 4.90. The average Bonchev–Trinajstić information content (AvgIpc) is 2.74. The monoisotopic (exact) mass is 248 g/mol. The molecule has 0 saturated heterocycles. The van der Waals surface area contributed by atoms with E-state index in [4.69, 9.17) is 4.74 Å². The molecule has 2 nitrogen and oxygen atoms in total. The van der Waals surface area contributed by atoms with Gasteiger partial charge in [0.1, 0.15) is 11.9 Å². The van der Waals surface area contributed by atoms with Crippen LogP contribution in [-0.4, -0.2) is 12.2 Å². The summed E-state index contributed by atoms with van der Waals surface area (Å²) in [6.45, 7) is 4.01. The van der Waals surface area contributed by atoms with Crippen molar-refractivity contribution in [2.24, 2.45) is 0 Å². The molecule has 0 fully saturated rings. The van der Waals surface area contributed by atoms with Crippen LogP contribution in [0.2, 0.25) is 0 Å². The van der Waals surface area contributed by atoms with Gasteiger partial charge in [-0.3, -0.25) is 0 Å². The van der Waals surface area contributed by atoms with Crippen LogP contribution in [-0.2, 0) is 0 Å². The smallest absolute Gasteiger partial charge is 0.119 e. The summed E-state index contributed by atoms with van der Waals surface area (Å²) in [7, 11) is 1.65. The van der Waals surface area contributed by atoms with Crippen LogP contribution in [0.25, 0.3) is 0 Å². The number of ether oxygens (including phenoxy) is 1. The fourth-order valence-corrected chi connectivity index (χ4v) is 2.82. The molecule has 0 spiro atoms. The van der Waals surface area contributed by atoms with Gasteiger partial charge in [0, 0.05) is 4.88 Å². The van der Waals surface area contributed by atoms with E-state index in [1.54, 1.807) is 18.4 Å². The van der Waals surface area contributed by atoms with Gasteiger partial charge in [-0.1, -0.05) is 6.07 Å². The van der Waals surface area contributed by atoms with E-state index in [0.29, 0.717) is 0 Å². The molecular weight excluding hydrogens is 232 g/mol. The van der Waals surface area contributed by atoms with Gasteiger partial charge in [0.15, 0.2) is 0 Å². The first-order valence-corrected chi connectivity index (χ1v) is 6.38. The van der Waals surface area contributed by atoms with Gasteiger partial charge in [0.25, 0.3) is 0 Å². The number of aliphatic hydroxyl groups is 1. The van der Waals surface area contributed by atoms with Gasteiger partial charge in [0.05, 0.1) is 7.11 Å². The van der Waals surface area contributed by atoms with Crippen molar-refractivity contribution in [2.75, 3.05) is 7.11 Å². The lowest BCUT2D eigenvalue weighted by Gasteiger charge is -2.14. The minimum Gasteiger partial charge on any atom is -0.497 e. The Kier molecular flexibility index (Phi) is 3.50. The third-order valence-corrected chi connectivity index (χ3v) is 3.99. The highest BCUT2D eigenvalue weighted by atomic mass is 32.1. The van der Waals surface area contributed by atoms with Crippen molar-refractivity contribution >= 4 is 11.3 Å². The number of benzene rings is 1. The van der Waals surface area contributed by atoms with Gasteiger partial charge in [-0.05, 0) is 54.1 Å². The molecule has 1 unspecified atom stereocenters. The van der Waals surface area contributed by atoms with Crippen LogP contribution >= 0.6 is 11.3 Å². The van der Waals surface area contributed by atoms with E-state index in [0.717, 1.165) is 27.3 Å². The predicted octanol–water partition coefficient (Wildman–Crippen LogP) is 3.46. The van der Waals surface area contributed by atoms with E-state index in [-0.39, 0.29) is 0 Å². The van der Waals surface area contributed by atoms with Crippen molar-refractivity contribution in [1.82, 2.24) is 0 Å².